The third-order valence-electron chi connectivity index (χ3n) is 3.98. The Balaban J connectivity index is 2.93. The number of hydrogen-bond donors (Lipinski definition) is 0. The van der Waals surface area contributed by atoms with Crippen LogP contribution in [0.25, 0.3) is 0 Å². The van der Waals surface area contributed by atoms with Crippen molar-refractivity contribution in [1.82, 2.24) is 0 Å². The summed E-state index contributed by atoms with van der Waals surface area (Å²) in [5.41, 5.74) is 3.56. The van der Waals surface area contributed by atoms with Gasteiger partial charge in [0, 0.05) is 0 Å². The van der Waals surface area contributed by atoms with Crippen LogP contribution >= 0.6 is 0 Å². The lowest BCUT2D eigenvalue weighted by Crippen LogP contribution is -2.49. The van der Waals surface area contributed by atoms with E-state index in [1.54, 1.807) is 5.20 Å². The van der Waals surface area contributed by atoms with Gasteiger partial charge in [-0.15, -0.1) is 5.73 Å². The van der Waals surface area contributed by atoms with Crippen molar-refractivity contribution in [3.63, 3.8) is 0 Å². The molecule has 96 valence electrons. The normalized spacial score (nSPS) is 14.8. The highest BCUT2D eigenvalue weighted by Gasteiger charge is 2.28. The summed E-state index contributed by atoms with van der Waals surface area (Å²) in [7, 11) is -1.38. The van der Waals surface area contributed by atoms with Gasteiger partial charge in [-0.1, -0.05) is 76.6 Å². The van der Waals surface area contributed by atoms with Gasteiger partial charge in [-0.3, -0.25) is 8.31 Å². The molecule has 0 aromatic rings. The predicted molar refractivity (Wildman–Crippen MR) is 83.4 cm³/mol. The Hall–Kier alpha value is -0.306. The zero-order valence-corrected chi connectivity index (χ0v) is 14.0. The van der Waals surface area contributed by atoms with E-state index < -0.39 is 7.59 Å². The lowest BCUT2D eigenvalue weighted by atomic mass is 10.4. The molecule has 0 aromatic heterocycles. The van der Waals surface area contributed by atoms with Crippen molar-refractivity contribution < 1.29 is 0 Å². The van der Waals surface area contributed by atoms with E-state index in [9.17, 15) is 0 Å². The third kappa shape index (κ3) is 3.57. The fraction of sp³-hybridized carbons (Fsp3) is 0.667. The van der Waals surface area contributed by atoms with Gasteiger partial charge in [0.1, 0.15) is 0 Å². The molecule has 2 heteroatoms. The zero-order chi connectivity index (χ0) is 12.7. The van der Waals surface area contributed by atoms with Gasteiger partial charge in [-0.2, -0.15) is 13.1 Å². The molecule has 1 aliphatic carbocycles. The van der Waals surface area contributed by atoms with E-state index in [1.807, 2.05) is 0 Å². The number of unbranched alkanes of at least 4 members (excludes halogenated alkanes) is 2. The molecule has 17 heavy (non-hydrogen) atoms. The molecule has 0 saturated carbocycles. The van der Waals surface area contributed by atoms with Crippen LogP contribution in [0.3, 0.4) is 0 Å². The summed E-state index contributed by atoms with van der Waals surface area (Å²) in [5, 5.41) is 1.64. The van der Waals surface area contributed by atoms with Crippen molar-refractivity contribution in [3.8, 4) is 0 Å². The molecule has 0 N–H and O–H groups in total. The molecule has 0 radical (unpaired) electrons. The van der Waals surface area contributed by atoms with Crippen LogP contribution in [0.15, 0.2) is 29.2 Å². The standard InChI is InChI=1S/C15H27Si2/c1-5-7-13-17(16(3)4,14-8-6-2)15-11-9-10-12-15/h9-11H,5-8,13-14H2,1-4H3/q-1. The first-order valence-electron chi connectivity index (χ1n) is 7.12. The monoisotopic (exact) mass is 263 g/mol. The third-order valence-corrected chi connectivity index (χ3v) is 17.7. The molecule has 0 saturated heterocycles. The molecule has 0 atom stereocenters. The fourth-order valence-electron chi connectivity index (χ4n) is 2.75. The lowest BCUT2D eigenvalue weighted by molar-refractivity contribution is 0.838. The molecule has 0 bridgehead atoms. The van der Waals surface area contributed by atoms with E-state index in [4.69, 9.17) is 0 Å². The quantitative estimate of drug-likeness (QED) is 0.424. The van der Waals surface area contributed by atoms with E-state index in [-0.39, 0.29) is 8.31 Å². The van der Waals surface area contributed by atoms with Gasteiger partial charge >= 0.3 is 0 Å². The maximum absolute atomic E-state index is 3.56. The maximum atomic E-state index is 3.56. The van der Waals surface area contributed by atoms with Crippen LogP contribution in [0.4, 0.5) is 0 Å². The van der Waals surface area contributed by atoms with Crippen LogP contribution in [0, 0.1) is 0 Å². The van der Waals surface area contributed by atoms with Crippen molar-refractivity contribution in [2.24, 2.45) is 0 Å². The fourth-order valence-corrected chi connectivity index (χ4v) is 13.9. The molecule has 0 aromatic carbocycles. The first-order chi connectivity index (χ1) is 8.17. The Morgan fingerprint density at radius 3 is 2.06 bits per heavy atom. The molecular formula is C15H27Si2-. The Labute approximate surface area is 110 Å². The molecule has 1 aliphatic rings. The molecule has 1 rings (SSSR count). The molecule has 0 fully saturated rings. The second kappa shape index (κ2) is 7.20. The molecule has 0 aliphatic heterocycles. The minimum atomic E-state index is -1.19. The summed E-state index contributed by atoms with van der Waals surface area (Å²) >= 11 is 0. The second-order valence-electron chi connectivity index (χ2n) is 5.37. The SMILES string of the molecule is CCCC[Si](CCCC)(C1=C=CC=C1)[Si-](C)C. The van der Waals surface area contributed by atoms with Crippen LogP contribution in [-0.2, 0) is 0 Å². The topological polar surface area (TPSA) is 0 Å². The average Bonchev–Trinajstić information content (AvgIpc) is 2.83. The van der Waals surface area contributed by atoms with Gasteiger partial charge in [0.25, 0.3) is 0 Å². The summed E-state index contributed by atoms with van der Waals surface area (Å²) in [4.78, 5) is 0. The Kier molecular flexibility index (Phi) is 6.25. The number of rotatable bonds is 8. The smallest absolute Gasteiger partial charge is 0.0202 e. The first kappa shape index (κ1) is 14.8. The van der Waals surface area contributed by atoms with E-state index in [1.165, 1.54) is 37.8 Å². The Morgan fingerprint density at radius 1 is 1.12 bits per heavy atom. The lowest BCUT2D eigenvalue weighted by Gasteiger charge is -2.46. The predicted octanol–water partition coefficient (Wildman–Crippen LogP) is 5.06. The van der Waals surface area contributed by atoms with Crippen LogP contribution in [0.5, 0.6) is 0 Å². The Morgan fingerprint density at radius 2 is 1.71 bits per heavy atom. The Bertz CT molecular complexity index is 312. The molecule has 0 amide bonds. The molecule has 0 unspecified atom stereocenters. The van der Waals surface area contributed by atoms with Crippen LogP contribution in [-0.4, -0.2) is 15.9 Å². The minimum absolute atomic E-state index is 0.192. The van der Waals surface area contributed by atoms with E-state index >= 15 is 0 Å². The summed E-state index contributed by atoms with van der Waals surface area (Å²) in [6, 6.07) is 3.01. The molecular weight excluding hydrogens is 236 g/mol. The maximum Gasteiger partial charge on any atom is -0.0202 e. The van der Waals surface area contributed by atoms with Crippen molar-refractivity contribution in [3.05, 3.63) is 29.2 Å². The van der Waals surface area contributed by atoms with Gasteiger partial charge in [-0.05, 0) is 6.08 Å². The second-order valence-corrected chi connectivity index (χ2v) is 16.9. The van der Waals surface area contributed by atoms with Gasteiger partial charge in [0.2, 0.25) is 0 Å². The van der Waals surface area contributed by atoms with Crippen molar-refractivity contribution in [2.45, 2.75) is 64.7 Å². The van der Waals surface area contributed by atoms with E-state index in [2.05, 4.69) is 50.9 Å². The number of hydrogen-bond acceptors (Lipinski definition) is 0. The molecule has 0 spiro atoms. The summed E-state index contributed by atoms with van der Waals surface area (Å²) in [6.45, 7) is 9.74. The summed E-state index contributed by atoms with van der Waals surface area (Å²) in [5.74, 6) is 0. The van der Waals surface area contributed by atoms with Gasteiger partial charge in [-0.25, -0.2) is 0 Å². The minimum Gasteiger partial charge on any atom is -0.257 e. The van der Waals surface area contributed by atoms with Crippen LogP contribution < -0.4 is 0 Å². The highest BCUT2D eigenvalue weighted by molar-refractivity contribution is 7.35. The zero-order valence-electron chi connectivity index (χ0n) is 12.0. The van der Waals surface area contributed by atoms with Crippen molar-refractivity contribution in [1.29, 1.82) is 0 Å². The molecule has 0 nitrogen and oxygen atoms in total. The highest BCUT2D eigenvalue weighted by Crippen LogP contribution is 2.33. The van der Waals surface area contributed by atoms with Crippen LogP contribution in [0.1, 0.15) is 39.5 Å². The van der Waals surface area contributed by atoms with Gasteiger partial charge < -0.3 is 0 Å². The largest absolute Gasteiger partial charge is 0.257 e. The first-order valence-corrected chi connectivity index (χ1v) is 13.0. The summed E-state index contributed by atoms with van der Waals surface area (Å²) < 4.78 is 0. The van der Waals surface area contributed by atoms with Crippen molar-refractivity contribution in [2.75, 3.05) is 0 Å². The van der Waals surface area contributed by atoms with Crippen molar-refractivity contribution >= 4 is 15.9 Å². The summed E-state index contributed by atoms with van der Waals surface area (Å²) in [6.07, 6.45) is 12.2. The molecule has 0 heterocycles. The van der Waals surface area contributed by atoms with Crippen LogP contribution in [0.2, 0.25) is 25.2 Å². The average molecular weight is 264 g/mol. The van der Waals surface area contributed by atoms with Gasteiger partial charge in [0.05, 0.1) is 0 Å². The highest BCUT2D eigenvalue weighted by atomic mass is 29.2. The van der Waals surface area contributed by atoms with E-state index in [0.717, 1.165) is 0 Å². The van der Waals surface area contributed by atoms with E-state index in [0.29, 0.717) is 0 Å². The number of allylic oxidation sites excluding steroid dienone is 3. The van der Waals surface area contributed by atoms with Gasteiger partial charge in [0.15, 0.2) is 0 Å².